The highest BCUT2D eigenvalue weighted by Crippen LogP contribution is 2.37. The summed E-state index contributed by atoms with van der Waals surface area (Å²) in [6.07, 6.45) is 2.07. The molecule has 6 rings (SSSR count). The molecule has 3 aromatic carbocycles. The molecule has 1 N–H and O–H groups in total. The van der Waals surface area contributed by atoms with E-state index >= 15 is 0 Å². The predicted molar refractivity (Wildman–Crippen MR) is 130 cm³/mol. The molecule has 6 nitrogen and oxygen atoms in total. The van der Waals surface area contributed by atoms with Gasteiger partial charge in [0.1, 0.15) is 0 Å². The van der Waals surface area contributed by atoms with Crippen LogP contribution in [0.1, 0.15) is 32.7 Å². The molecule has 0 unspecified atom stereocenters. The first-order valence-electron chi connectivity index (χ1n) is 11.2. The van der Waals surface area contributed by atoms with E-state index in [-0.39, 0.29) is 6.79 Å². The van der Waals surface area contributed by atoms with Crippen molar-refractivity contribution in [1.82, 2.24) is 9.88 Å². The smallest absolute Gasteiger partial charge is 0.336 e. The Labute approximate surface area is 196 Å². The van der Waals surface area contributed by atoms with Crippen molar-refractivity contribution >= 4 is 28.5 Å². The number of carbonyl (C=O) groups is 1. The molecule has 4 aromatic rings. The Morgan fingerprint density at radius 3 is 2.62 bits per heavy atom. The van der Waals surface area contributed by atoms with E-state index in [9.17, 15) is 9.90 Å². The summed E-state index contributed by atoms with van der Waals surface area (Å²) in [5.41, 5.74) is 5.63. The van der Waals surface area contributed by atoms with Gasteiger partial charge in [-0.15, -0.1) is 0 Å². The normalized spacial score (nSPS) is 16.1. The highest BCUT2D eigenvalue weighted by atomic mass is 16.7. The van der Waals surface area contributed by atoms with Crippen LogP contribution in [0.5, 0.6) is 11.5 Å². The van der Waals surface area contributed by atoms with E-state index < -0.39 is 5.97 Å². The standard InChI is InChI=1S/C28H22N2O4/c31-28(32)26-21-8-4-5-9-23(21)29-27-20(12-19-10-11-24-25(13-19)34-17-33-24)15-30(16-22(26)27)14-18-6-2-1-3-7-18/h1-13H,14-17H2,(H,31,32)/b20-12-. The first kappa shape index (κ1) is 20.4. The van der Waals surface area contributed by atoms with Crippen molar-refractivity contribution in [2.24, 2.45) is 0 Å². The van der Waals surface area contributed by atoms with Crippen LogP contribution >= 0.6 is 0 Å². The van der Waals surface area contributed by atoms with Crippen molar-refractivity contribution in [1.29, 1.82) is 0 Å². The molecule has 0 aliphatic carbocycles. The highest BCUT2D eigenvalue weighted by Gasteiger charge is 2.28. The van der Waals surface area contributed by atoms with Gasteiger partial charge in [-0.3, -0.25) is 4.90 Å². The van der Waals surface area contributed by atoms with Crippen LogP contribution in [0.4, 0.5) is 0 Å². The minimum absolute atomic E-state index is 0.221. The van der Waals surface area contributed by atoms with Crippen LogP contribution in [0.2, 0.25) is 0 Å². The zero-order chi connectivity index (χ0) is 23.1. The number of rotatable bonds is 4. The zero-order valence-electron chi connectivity index (χ0n) is 18.4. The van der Waals surface area contributed by atoms with Gasteiger partial charge in [-0.1, -0.05) is 54.6 Å². The Kier molecular flexibility index (Phi) is 5.00. The average molecular weight is 450 g/mol. The number of hydrogen-bond acceptors (Lipinski definition) is 5. The second-order valence-electron chi connectivity index (χ2n) is 8.55. The molecule has 0 saturated carbocycles. The van der Waals surface area contributed by atoms with Crippen LogP contribution in [0.15, 0.2) is 72.8 Å². The number of pyridine rings is 1. The van der Waals surface area contributed by atoms with Crippen LogP contribution in [-0.4, -0.2) is 34.3 Å². The number of ether oxygens (including phenoxy) is 2. The van der Waals surface area contributed by atoms with Crippen LogP contribution in [0.25, 0.3) is 22.6 Å². The Morgan fingerprint density at radius 2 is 1.76 bits per heavy atom. The van der Waals surface area contributed by atoms with E-state index in [0.717, 1.165) is 28.1 Å². The van der Waals surface area contributed by atoms with E-state index in [1.165, 1.54) is 5.56 Å². The van der Waals surface area contributed by atoms with Gasteiger partial charge >= 0.3 is 5.97 Å². The molecule has 1 aromatic heterocycles. The van der Waals surface area contributed by atoms with E-state index in [2.05, 4.69) is 23.1 Å². The van der Waals surface area contributed by atoms with Crippen molar-refractivity contribution in [3.8, 4) is 11.5 Å². The lowest BCUT2D eigenvalue weighted by molar-refractivity contribution is 0.0696. The van der Waals surface area contributed by atoms with E-state index in [0.29, 0.717) is 41.9 Å². The third-order valence-electron chi connectivity index (χ3n) is 6.27. The number of nitrogens with zero attached hydrogens (tertiary/aromatic N) is 2. The molecule has 2 aliphatic rings. The zero-order valence-corrected chi connectivity index (χ0v) is 18.4. The number of aromatic carboxylic acids is 1. The Bertz CT molecular complexity index is 1450. The molecule has 0 atom stereocenters. The predicted octanol–water partition coefficient (Wildman–Crippen LogP) is 5.22. The molecule has 6 heteroatoms. The summed E-state index contributed by atoms with van der Waals surface area (Å²) in [7, 11) is 0. The summed E-state index contributed by atoms with van der Waals surface area (Å²) in [6, 6.07) is 23.5. The Balaban J connectivity index is 1.51. The highest BCUT2D eigenvalue weighted by molar-refractivity contribution is 6.06. The molecule has 0 spiro atoms. The molecule has 168 valence electrons. The van der Waals surface area contributed by atoms with Gasteiger partial charge in [0.25, 0.3) is 0 Å². The number of benzene rings is 3. The fourth-order valence-corrected chi connectivity index (χ4v) is 4.78. The Morgan fingerprint density at radius 1 is 0.971 bits per heavy atom. The maximum Gasteiger partial charge on any atom is 0.336 e. The minimum Gasteiger partial charge on any atom is -0.478 e. The summed E-state index contributed by atoms with van der Waals surface area (Å²) in [5.74, 6) is 0.511. The second kappa shape index (κ2) is 8.32. The number of carboxylic acid groups (broad SMARTS) is 1. The van der Waals surface area contributed by atoms with Crippen molar-refractivity contribution in [2.45, 2.75) is 13.1 Å². The number of hydrogen-bond donors (Lipinski definition) is 1. The lowest BCUT2D eigenvalue weighted by Gasteiger charge is -2.31. The van der Waals surface area contributed by atoms with E-state index in [1.54, 1.807) is 0 Å². The summed E-state index contributed by atoms with van der Waals surface area (Å²) >= 11 is 0. The van der Waals surface area contributed by atoms with E-state index in [4.69, 9.17) is 14.5 Å². The topological polar surface area (TPSA) is 71.9 Å². The molecule has 3 heterocycles. The van der Waals surface area contributed by atoms with Gasteiger partial charge in [0.05, 0.1) is 16.8 Å². The second-order valence-corrected chi connectivity index (χ2v) is 8.55. The quantitative estimate of drug-likeness (QED) is 0.460. The Hall–Kier alpha value is -4.16. The molecular weight excluding hydrogens is 428 g/mol. The lowest BCUT2D eigenvalue weighted by Crippen LogP contribution is -2.31. The first-order valence-corrected chi connectivity index (χ1v) is 11.2. The number of aromatic nitrogens is 1. The van der Waals surface area contributed by atoms with Crippen LogP contribution in [0.3, 0.4) is 0 Å². The number of fused-ring (bicyclic) bond motifs is 3. The van der Waals surface area contributed by atoms with Gasteiger partial charge in [0.15, 0.2) is 11.5 Å². The summed E-state index contributed by atoms with van der Waals surface area (Å²) in [4.78, 5) is 19.6. The van der Waals surface area contributed by atoms with Crippen molar-refractivity contribution in [3.05, 3.63) is 101 Å². The molecule has 34 heavy (non-hydrogen) atoms. The molecule has 0 amide bonds. The van der Waals surface area contributed by atoms with Gasteiger partial charge in [-0.25, -0.2) is 9.78 Å². The number of para-hydroxylation sites is 1. The summed E-state index contributed by atoms with van der Waals surface area (Å²) in [6.45, 7) is 2.10. The fraction of sp³-hybridized carbons (Fsp3) is 0.143. The molecule has 2 aliphatic heterocycles. The van der Waals surface area contributed by atoms with Crippen LogP contribution in [-0.2, 0) is 13.1 Å². The van der Waals surface area contributed by atoms with Crippen molar-refractivity contribution in [2.75, 3.05) is 13.3 Å². The van der Waals surface area contributed by atoms with Gasteiger partial charge < -0.3 is 14.6 Å². The van der Waals surface area contributed by atoms with Gasteiger partial charge in [0.2, 0.25) is 6.79 Å². The maximum absolute atomic E-state index is 12.4. The lowest BCUT2D eigenvalue weighted by atomic mass is 9.91. The maximum atomic E-state index is 12.4. The molecule has 0 bridgehead atoms. The first-order chi connectivity index (χ1) is 16.7. The van der Waals surface area contributed by atoms with Crippen LogP contribution in [0, 0.1) is 0 Å². The van der Waals surface area contributed by atoms with Crippen molar-refractivity contribution in [3.63, 3.8) is 0 Å². The van der Waals surface area contributed by atoms with E-state index in [1.807, 2.05) is 60.7 Å². The molecule has 0 saturated heterocycles. The summed E-state index contributed by atoms with van der Waals surface area (Å²) < 4.78 is 11.0. The average Bonchev–Trinajstić information content (AvgIpc) is 3.31. The molecule has 0 radical (unpaired) electrons. The van der Waals surface area contributed by atoms with Crippen molar-refractivity contribution < 1.29 is 19.4 Å². The van der Waals surface area contributed by atoms with Gasteiger partial charge in [-0.2, -0.15) is 0 Å². The van der Waals surface area contributed by atoms with Crippen LogP contribution < -0.4 is 9.47 Å². The van der Waals surface area contributed by atoms with Gasteiger partial charge in [-0.05, 0) is 41.0 Å². The third kappa shape index (κ3) is 3.68. The third-order valence-corrected chi connectivity index (χ3v) is 6.27. The van der Waals surface area contributed by atoms with Gasteiger partial charge in [0, 0.05) is 30.6 Å². The SMILES string of the molecule is O=C(O)c1c2c(nc3ccccc13)/C(=C\c1ccc3c(c1)OCO3)CN(Cc1ccccc1)C2. The minimum atomic E-state index is -0.932. The molecular formula is C28H22N2O4. The largest absolute Gasteiger partial charge is 0.478 e. The summed E-state index contributed by atoms with van der Waals surface area (Å²) in [5, 5.41) is 10.9. The fourth-order valence-electron chi connectivity index (χ4n) is 4.78. The monoisotopic (exact) mass is 450 g/mol. The number of carboxylic acids is 1. The molecule has 0 fully saturated rings.